The van der Waals surface area contributed by atoms with E-state index in [2.05, 4.69) is 11.4 Å². The molecule has 0 bridgehead atoms. The molecule has 2 rings (SSSR count). The van der Waals surface area contributed by atoms with Crippen molar-refractivity contribution < 1.29 is 13.6 Å². The molecule has 4 heteroatoms. The molecule has 2 nitrogen and oxygen atoms in total. The number of hydrogen-bond acceptors (Lipinski definition) is 2. The summed E-state index contributed by atoms with van der Waals surface area (Å²) in [5.74, 6) is -1.26. The predicted molar refractivity (Wildman–Crippen MR) is 68.9 cm³/mol. The summed E-state index contributed by atoms with van der Waals surface area (Å²) in [6, 6.07) is 10.9. The van der Waals surface area contributed by atoms with Crippen molar-refractivity contribution >= 4 is 6.21 Å². The van der Waals surface area contributed by atoms with Crippen LogP contribution in [0.3, 0.4) is 0 Å². The summed E-state index contributed by atoms with van der Waals surface area (Å²) in [5.41, 5.74) is 2.07. The van der Waals surface area contributed by atoms with E-state index >= 15 is 0 Å². The van der Waals surface area contributed by atoms with Gasteiger partial charge in [-0.2, -0.15) is 0 Å². The zero-order valence-electron chi connectivity index (χ0n) is 10.4. The normalized spacial score (nSPS) is 10.9. The molecule has 0 N–H and O–H groups in total. The van der Waals surface area contributed by atoms with Crippen LogP contribution in [0.2, 0.25) is 0 Å². The molecule has 1 radical (unpaired) electrons. The fourth-order valence-corrected chi connectivity index (χ4v) is 1.52. The van der Waals surface area contributed by atoms with E-state index in [4.69, 9.17) is 4.84 Å². The summed E-state index contributed by atoms with van der Waals surface area (Å²) in [6.07, 6.45) is 2.72. The molecular formula is C15H12F2NO. The van der Waals surface area contributed by atoms with Crippen LogP contribution in [0.15, 0.2) is 47.6 Å². The molecule has 0 aliphatic rings. The van der Waals surface area contributed by atoms with Gasteiger partial charge < -0.3 is 4.84 Å². The number of rotatable bonds is 4. The zero-order chi connectivity index (χ0) is 13.7. The van der Waals surface area contributed by atoms with E-state index in [-0.39, 0.29) is 12.2 Å². The van der Waals surface area contributed by atoms with Crippen LogP contribution in [0.25, 0.3) is 0 Å². The van der Waals surface area contributed by atoms with Crippen LogP contribution >= 0.6 is 0 Å². The molecule has 0 aliphatic heterocycles. The SMILES string of the molecule is Cc1ccccc1/[C]=N\OCc1ccc(F)cc1F. The van der Waals surface area contributed by atoms with Gasteiger partial charge in [-0.25, -0.2) is 8.78 Å². The Bertz CT molecular complexity index is 596. The minimum atomic E-state index is -0.647. The van der Waals surface area contributed by atoms with Crippen LogP contribution in [0.5, 0.6) is 0 Å². The highest BCUT2D eigenvalue weighted by Gasteiger charge is 2.03. The molecule has 0 aliphatic carbocycles. The number of benzene rings is 2. The smallest absolute Gasteiger partial charge is 0.145 e. The summed E-state index contributed by atoms with van der Waals surface area (Å²) in [5, 5.41) is 3.65. The maximum atomic E-state index is 13.3. The number of nitrogens with zero attached hydrogens (tertiary/aromatic N) is 1. The molecule has 0 amide bonds. The van der Waals surface area contributed by atoms with E-state index in [1.807, 2.05) is 31.2 Å². The number of halogens is 2. The number of aryl methyl sites for hydroxylation is 1. The molecule has 19 heavy (non-hydrogen) atoms. The lowest BCUT2D eigenvalue weighted by Crippen LogP contribution is -1.94. The Hall–Kier alpha value is -2.23. The number of hydrogen-bond donors (Lipinski definition) is 0. The first-order chi connectivity index (χ1) is 9.16. The largest absolute Gasteiger partial charge is 0.390 e. The fraction of sp³-hybridized carbons (Fsp3) is 0.133. The minimum absolute atomic E-state index is 0.0645. The van der Waals surface area contributed by atoms with Gasteiger partial charge in [-0.3, -0.25) is 0 Å². The Morgan fingerprint density at radius 1 is 1.16 bits per heavy atom. The Morgan fingerprint density at radius 3 is 2.68 bits per heavy atom. The highest BCUT2D eigenvalue weighted by atomic mass is 19.1. The topological polar surface area (TPSA) is 21.6 Å². The summed E-state index contributed by atoms with van der Waals surface area (Å²) < 4.78 is 26.0. The lowest BCUT2D eigenvalue weighted by atomic mass is 10.1. The molecule has 97 valence electrons. The zero-order valence-corrected chi connectivity index (χ0v) is 10.4. The lowest BCUT2D eigenvalue weighted by Gasteiger charge is -2.02. The van der Waals surface area contributed by atoms with Crippen molar-refractivity contribution in [1.82, 2.24) is 0 Å². The summed E-state index contributed by atoms with van der Waals surface area (Å²) in [6.45, 7) is 1.86. The highest BCUT2D eigenvalue weighted by molar-refractivity contribution is 5.81. The third kappa shape index (κ3) is 3.61. The van der Waals surface area contributed by atoms with Gasteiger partial charge in [0.05, 0.1) is 0 Å². The van der Waals surface area contributed by atoms with E-state index in [9.17, 15) is 8.78 Å². The van der Waals surface area contributed by atoms with Crippen LogP contribution in [0.1, 0.15) is 16.7 Å². The van der Waals surface area contributed by atoms with E-state index < -0.39 is 11.6 Å². The van der Waals surface area contributed by atoms with Crippen molar-refractivity contribution in [3.63, 3.8) is 0 Å². The van der Waals surface area contributed by atoms with E-state index in [1.54, 1.807) is 0 Å². The second kappa shape index (κ2) is 6.09. The molecular weight excluding hydrogens is 248 g/mol. The Kier molecular flexibility index (Phi) is 4.23. The van der Waals surface area contributed by atoms with Gasteiger partial charge in [-0.1, -0.05) is 29.4 Å². The van der Waals surface area contributed by atoms with Crippen LogP contribution in [-0.2, 0) is 11.4 Å². The van der Waals surface area contributed by atoms with Gasteiger partial charge >= 0.3 is 0 Å². The highest BCUT2D eigenvalue weighted by Crippen LogP contribution is 2.11. The Balaban J connectivity index is 1.95. The van der Waals surface area contributed by atoms with Gasteiger partial charge in [0, 0.05) is 17.2 Å². The van der Waals surface area contributed by atoms with Crippen molar-refractivity contribution in [2.24, 2.45) is 5.16 Å². The maximum absolute atomic E-state index is 13.3. The third-order valence-corrected chi connectivity index (χ3v) is 2.61. The average molecular weight is 260 g/mol. The molecule has 0 saturated heterocycles. The van der Waals surface area contributed by atoms with Gasteiger partial charge in [-0.05, 0) is 24.6 Å². The molecule has 0 aromatic heterocycles. The molecule has 0 fully saturated rings. The van der Waals surface area contributed by atoms with Crippen LogP contribution < -0.4 is 0 Å². The predicted octanol–water partition coefficient (Wildman–Crippen LogP) is 3.70. The monoisotopic (exact) mass is 260 g/mol. The first kappa shape index (κ1) is 13.2. The minimum Gasteiger partial charge on any atom is -0.390 e. The van der Waals surface area contributed by atoms with Crippen LogP contribution in [0.4, 0.5) is 8.78 Å². The summed E-state index contributed by atoms with van der Waals surface area (Å²) in [7, 11) is 0. The summed E-state index contributed by atoms with van der Waals surface area (Å²) in [4.78, 5) is 4.95. The molecule has 2 aromatic rings. The van der Waals surface area contributed by atoms with E-state index in [1.165, 1.54) is 12.1 Å². The van der Waals surface area contributed by atoms with Crippen LogP contribution in [-0.4, -0.2) is 6.21 Å². The Morgan fingerprint density at radius 2 is 1.95 bits per heavy atom. The Labute approximate surface area is 110 Å². The quantitative estimate of drug-likeness (QED) is 0.606. The van der Waals surface area contributed by atoms with Crippen molar-refractivity contribution in [3.8, 4) is 0 Å². The molecule has 0 unspecified atom stereocenters. The molecule has 0 saturated carbocycles. The second-order valence-corrected chi connectivity index (χ2v) is 4.03. The maximum Gasteiger partial charge on any atom is 0.145 e. The fourth-order valence-electron chi connectivity index (χ4n) is 1.52. The molecule has 0 spiro atoms. The first-order valence-corrected chi connectivity index (χ1v) is 5.74. The van der Waals surface area contributed by atoms with Crippen molar-refractivity contribution in [2.75, 3.05) is 0 Å². The van der Waals surface area contributed by atoms with Crippen molar-refractivity contribution in [2.45, 2.75) is 13.5 Å². The van der Waals surface area contributed by atoms with Gasteiger partial charge in [0.15, 0.2) is 0 Å². The van der Waals surface area contributed by atoms with Crippen LogP contribution in [0, 0.1) is 18.6 Å². The van der Waals surface area contributed by atoms with Gasteiger partial charge in [0.2, 0.25) is 0 Å². The lowest BCUT2D eigenvalue weighted by molar-refractivity contribution is 0.129. The van der Waals surface area contributed by atoms with Gasteiger partial charge in [-0.15, -0.1) is 0 Å². The van der Waals surface area contributed by atoms with Crippen molar-refractivity contribution in [1.29, 1.82) is 0 Å². The van der Waals surface area contributed by atoms with Gasteiger partial charge in [0.1, 0.15) is 24.5 Å². The van der Waals surface area contributed by atoms with Crippen molar-refractivity contribution in [3.05, 3.63) is 70.8 Å². The third-order valence-electron chi connectivity index (χ3n) is 2.61. The first-order valence-electron chi connectivity index (χ1n) is 5.74. The average Bonchev–Trinajstić information content (AvgIpc) is 2.38. The van der Waals surface area contributed by atoms with Gasteiger partial charge in [0.25, 0.3) is 0 Å². The molecule has 0 heterocycles. The van der Waals surface area contributed by atoms with E-state index in [0.29, 0.717) is 0 Å². The molecule has 2 aromatic carbocycles. The summed E-state index contributed by atoms with van der Waals surface area (Å²) >= 11 is 0. The second-order valence-electron chi connectivity index (χ2n) is 4.03. The standard InChI is InChI=1S/C15H12F2NO/c1-11-4-2-3-5-12(11)9-18-19-10-13-6-7-14(16)8-15(13)17/h2-8H,10H2,1H3. The molecule has 0 atom stereocenters. The van der Waals surface area contributed by atoms with E-state index in [0.717, 1.165) is 17.2 Å².